The molecule has 1 amide bonds. The molecule has 9 nitrogen and oxygen atoms in total. The van der Waals surface area contributed by atoms with Gasteiger partial charge in [-0.15, -0.1) is 0 Å². The molecular weight excluding hydrogens is 398 g/mol. The van der Waals surface area contributed by atoms with Crippen molar-refractivity contribution in [1.82, 2.24) is 4.98 Å². The Morgan fingerprint density at radius 1 is 1.21 bits per heavy atom. The fraction of sp³-hybridized carbons (Fsp3) is 0.105. The summed E-state index contributed by atoms with van der Waals surface area (Å²) < 4.78 is 33.2. The number of anilines is 1. The van der Waals surface area contributed by atoms with Gasteiger partial charge in [0.05, 0.1) is 4.90 Å². The minimum Gasteiger partial charge on any atom is -0.449 e. The van der Waals surface area contributed by atoms with Gasteiger partial charge >= 0.3 is 5.97 Å². The molecule has 2 aromatic carbocycles. The maximum Gasteiger partial charge on any atom is 0.331 e. The number of primary sulfonamides is 1. The molecule has 0 bridgehead atoms. The Labute approximate surface area is 166 Å². The number of carbonyl (C=O) groups is 2. The number of amides is 1. The lowest BCUT2D eigenvalue weighted by Crippen LogP contribution is -2.29. The van der Waals surface area contributed by atoms with Crippen LogP contribution in [0.25, 0.3) is 17.2 Å². The van der Waals surface area contributed by atoms with E-state index in [1.807, 2.05) is 6.07 Å². The SMILES string of the molecule is C[C@H](OC(=O)/C=C/c1nc2ccccc2o1)C(=O)Nc1cccc(S(N)(=O)=O)c1. The second-order valence-electron chi connectivity index (χ2n) is 5.99. The lowest BCUT2D eigenvalue weighted by molar-refractivity contribution is -0.148. The molecular formula is C19H17N3O6S. The van der Waals surface area contributed by atoms with E-state index in [0.29, 0.717) is 11.1 Å². The predicted octanol–water partition coefficient (Wildman–Crippen LogP) is 2.06. The third kappa shape index (κ3) is 5.27. The van der Waals surface area contributed by atoms with Gasteiger partial charge in [-0.25, -0.2) is 23.3 Å². The van der Waals surface area contributed by atoms with E-state index in [4.69, 9.17) is 14.3 Å². The van der Waals surface area contributed by atoms with Gasteiger partial charge in [0, 0.05) is 17.8 Å². The maximum absolute atomic E-state index is 12.2. The largest absolute Gasteiger partial charge is 0.449 e. The first kappa shape index (κ1) is 20.2. The molecule has 29 heavy (non-hydrogen) atoms. The monoisotopic (exact) mass is 415 g/mol. The van der Waals surface area contributed by atoms with Gasteiger partial charge in [-0.3, -0.25) is 4.79 Å². The fourth-order valence-corrected chi connectivity index (χ4v) is 2.92. The fourth-order valence-electron chi connectivity index (χ4n) is 2.36. The van der Waals surface area contributed by atoms with Crippen LogP contribution in [0.1, 0.15) is 12.8 Å². The van der Waals surface area contributed by atoms with Crippen molar-refractivity contribution in [2.75, 3.05) is 5.32 Å². The number of benzene rings is 2. The minimum atomic E-state index is -3.90. The number of hydrogen-bond acceptors (Lipinski definition) is 7. The lowest BCUT2D eigenvalue weighted by Gasteiger charge is -2.12. The van der Waals surface area contributed by atoms with Crippen LogP contribution in [0.5, 0.6) is 0 Å². The van der Waals surface area contributed by atoms with E-state index in [-0.39, 0.29) is 16.5 Å². The molecule has 0 aliphatic rings. The number of carbonyl (C=O) groups excluding carboxylic acids is 2. The summed E-state index contributed by atoms with van der Waals surface area (Å²) in [5.41, 5.74) is 1.43. The van der Waals surface area contributed by atoms with Gasteiger partial charge < -0.3 is 14.5 Å². The molecule has 1 atom stereocenters. The van der Waals surface area contributed by atoms with Crippen molar-refractivity contribution >= 4 is 44.8 Å². The number of nitrogens with one attached hydrogen (secondary N) is 1. The van der Waals surface area contributed by atoms with Crippen LogP contribution in [0.4, 0.5) is 5.69 Å². The molecule has 0 saturated heterocycles. The number of nitrogens with zero attached hydrogens (tertiary/aromatic N) is 1. The van der Waals surface area contributed by atoms with Crippen LogP contribution >= 0.6 is 0 Å². The zero-order valence-electron chi connectivity index (χ0n) is 15.2. The Morgan fingerprint density at radius 3 is 2.69 bits per heavy atom. The first-order valence-electron chi connectivity index (χ1n) is 8.40. The number of sulfonamides is 1. The summed E-state index contributed by atoms with van der Waals surface area (Å²) >= 11 is 0. The van der Waals surface area contributed by atoms with Gasteiger partial charge in [0.25, 0.3) is 5.91 Å². The number of rotatable bonds is 6. The third-order valence-electron chi connectivity index (χ3n) is 3.76. The predicted molar refractivity (Wildman–Crippen MR) is 105 cm³/mol. The summed E-state index contributed by atoms with van der Waals surface area (Å²) in [6.45, 7) is 1.38. The quantitative estimate of drug-likeness (QED) is 0.463. The summed E-state index contributed by atoms with van der Waals surface area (Å²) in [6.07, 6.45) is 1.30. The summed E-state index contributed by atoms with van der Waals surface area (Å²) in [6, 6.07) is 12.5. The normalized spacial score (nSPS) is 12.8. The molecule has 3 N–H and O–H groups in total. The van der Waals surface area contributed by atoms with E-state index in [1.165, 1.54) is 37.3 Å². The Kier molecular flexibility index (Phi) is 5.76. The molecule has 0 unspecified atom stereocenters. The van der Waals surface area contributed by atoms with Crippen LogP contribution in [-0.4, -0.2) is 31.4 Å². The molecule has 1 aromatic heterocycles. The Morgan fingerprint density at radius 2 is 1.97 bits per heavy atom. The van der Waals surface area contributed by atoms with E-state index < -0.39 is 28.0 Å². The van der Waals surface area contributed by atoms with Gasteiger partial charge in [-0.2, -0.15) is 0 Å². The molecule has 150 valence electrons. The van der Waals surface area contributed by atoms with E-state index >= 15 is 0 Å². The topological polar surface area (TPSA) is 142 Å². The van der Waals surface area contributed by atoms with E-state index in [0.717, 1.165) is 6.08 Å². The number of para-hydroxylation sites is 2. The second-order valence-corrected chi connectivity index (χ2v) is 7.56. The van der Waals surface area contributed by atoms with Crippen LogP contribution in [-0.2, 0) is 24.3 Å². The van der Waals surface area contributed by atoms with E-state index in [2.05, 4.69) is 10.3 Å². The Bertz CT molecular complexity index is 1170. The second kappa shape index (κ2) is 8.25. The lowest BCUT2D eigenvalue weighted by atomic mass is 10.3. The number of esters is 1. The number of nitrogens with two attached hydrogens (primary N) is 1. The number of ether oxygens (including phenoxy) is 1. The van der Waals surface area contributed by atoms with Crippen LogP contribution < -0.4 is 10.5 Å². The van der Waals surface area contributed by atoms with Crippen molar-refractivity contribution in [3.63, 3.8) is 0 Å². The minimum absolute atomic E-state index is 0.152. The zero-order valence-corrected chi connectivity index (χ0v) is 16.0. The number of aromatic nitrogens is 1. The maximum atomic E-state index is 12.2. The van der Waals surface area contributed by atoms with Gasteiger partial charge in [0.1, 0.15) is 5.52 Å². The Hall–Kier alpha value is -3.50. The molecule has 0 fully saturated rings. The molecule has 10 heteroatoms. The van der Waals surface area contributed by atoms with E-state index in [1.54, 1.807) is 18.2 Å². The summed E-state index contributed by atoms with van der Waals surface area (Å²) in [5.74, 6) is -1.19. The molecule has 0 saturated carbocycles. The van der Waals surface area contributed by atoms with Gasteiger partial charge in [0.15, 0.2) is 11.7 Å². The highest BCUT2D eigenvalue weighted by Crippen LogP contribution is 2.16. The standard InChI is InChI=1S/C19H17N3O6S/c1-12(19(24)21-13-5-4-6-14(11-13)29(20,25)26)27-18(23)10-9-17-22-15-7-2-3-8-16(15)28-17/h2-12H,1H3,(H,21,24)(H2,20,25,26)/b10-9+/t12-/m0/s1. The van der Waals surface area contributed by atoms with Crippen molar-refractivity contribution in [2.24, 2.45) is 5.14 Å². The van der Waals surface area contributed by atoms with Crippen molar-refractivity contribution in [2.45, 2.75) is 17.9 Å². The number of fused-ring (bicyclic) bond motifs is 1. The molecule has 0 radical (unpaired) electrons. The molecule has 1 heterocycles. The average molecular weight is 415 g/mol. The number of oxazole rings is 1. The van der Waals surface area contributed by atoms with Crippen LogP contribution in [0.15, 0.2) is 63.9 Å². The first-order valence-corrected chi connectivity index (χ1v) is 9.95. The van der Waals surface area contributed by atoms with E-state index in [9.17, 15) is 18.0 Å². The van der Waals surface area contributed by atoms with Crippen molar-refractivity contribution < 1.29 is 27.2 Å². The van der Waals surface area contributed by atoms with Crippen LogP contribution in [0.3, 0.4) is 0 Å². The smallest absolute Gasteiger partial charge is 0.331 e. The van der Waals surface area contributed by atoms with Crippen molar-refractivity contribution in [3.05, 3.63) is 60.5 Å². The first-order chi connectivity index (χ1) is 13.7. The third-order valence-corrected chi connectivity index (χ3v) is 4.68. The van der Waals surface area contributed by atoms with Gasteiger partial charge in [-0.05, 0) is 37.3 Å². The van der Waals surface area contributed by atoms with Gasteiger partial charge in [0.2, 0.25) is 15.9 Å². The summed E-state index contributed by atoms with van der Waals surface area (Å²) in [4.78, 5) is 28.1. The summed E-state index contributed by atoms with van der Waals surface area (Å²) in [5, 5.41) is 7.52. The zero-order chi connectivity index (χ0) is 21.0. The highest BCUT2D eigenvalue weighted by molar-refractivity contribution is 7.89. The molecule has 0 aliphatic heterocycles. The highest BCUT2D eigenvalue weighted by atomic mass is 32.2. The highest BCUT2D eigenvalue weighted by Gasteiger charge is 2.18. The van der Waals surface area contributed by atoms with Crippen LogP contribution in [0, 0.1) is 0 Å². The molecule has 3 rings (SSSR count). The molecule has 3 aromatic rings. The number of hydrogen-bond donors (Lipinski definition) is 2. The van der Waals surface area contributed by atoms with Crippen molar-refractivity contribution in [3.8, 4) is 0 Å². The molecule has 0 spiro atoms. The Balaban J connectivity index is 1.59. The molecule has 0 aliphatic carbocycles. The summed E-state index contributed by atoms with van der Waals surface area (Å²) in [7, 11) is -3.90. The van der Waals surface area contributed by atoms with Gasteiger partial charge in [-0.1, -0.05) is 18.2 Å². The van der Waals surface area contributed by atoms with Crippen molar-refractivity contribution in [1.29, 1.82) is 0 Å². The van der Waals surface area contributed by atoms with Crippen LogP contribution in [0.2, 0.25) is 0 Å². The average Bonchev–Trinajstić information content (AvgIpc) is 3.09.